The molecule has 0 spiro atoms. The van der Waals surface area contributed by atoms with Crippen molar-refractivity contribution in [1.82, 2.24) is 10.3 Å². The lowest BCUT2D eigenvalue weighted by Crippen LogP contribution is -2.44. The Morgan fingerprint density at radius 3 is 2.62 bits per heavy atom. The fraction of sp³-hybridized carbons (Fsp3) is 0.875. The van der Waals surface area contributed by atoms with Gasteiger partial charge < -0.3 is 9.64 Å². The van der Waals surface area contributed by atoms with E-state index in [1.54, 1.807) is 19.1 Å². The standard InChI is InChI=1S/C8H20N4O3S/c1-12(5-7-16(3,13)14)8(11-9)10-4-6-15-2/h4-7,9H2,1-3H3,(H,10,11). The maximum atomic E-state index is 11.0. The van der Waals surface area contributed by atoms with Crippen molar-refractivity contribution < 1.29 is 13.2 Å². The summed E-state index contributed by atoms with van der Waals surface area (Å²) in [7, 11) is 0.325. The molecule has 8 heteroatoms. The average molecular weight is 252 g/mol. The predicted molar refractivity (Wildman–Crippen MR) is 63.8 cm³/mol. The van der Waals surface area contributed by atoms with E-state index in [-0.39, 0.29) is 5.75 Å². The van der Waals surface area contributed by atoms with Crippen LogP contribution in [0.25, 0.3) is 0 Å². The van der Waals surface area contributed by atoms with Crippen molar-refractivity contribution in [2.75, 3.05) is 45.9 Å². The molecule has 0 aromatic carbocycles. The highest BCUT2D eigenvalue weighted by molar-refractivity contribution is 7.90. The summed E-state index contributed by atoms with van der Waals surface area (Å²) in [6.07, 6.45) is 1.19. The summed E-state index contributed by atoms with van der Waals surface area (Å²) in [6.45, 7) is 1.30. The third kappa shape index (κ3) is 7.43. The average Bonchev–Trinajstić information content (AvgIpc) is 2.20. The van der Waals surface area contributed by atoms with E-state index in [0.717, 1.165) is 0 Å². The van der Waals surface area contributed by atoms with Crippen LogP contribution in [0.5, 0.6) is 0 Å². The Kier molecular flexibility index (Phi) is 7.02. The van der Waals surface area contributed by atoms with Gasteiger partial charge in [-0.1, -0.05) is 0 Å². The molecule has 0 rings (SSSR count). The van der Waals surface area contributed by atoms with Crippen molar-refractivity contribution in [3.8, 4) is 0 Å². The summed E-state index contributed by atoms with van der Waals surface area (Å²) in [5, 5.41) is 0. The molecule has 0 aromatic rings. The van der Waals surface area contributed by atoms with Gasteiger partial charge in [0.05, 0.1) is 18.9 Å². The second-order valence-electron chi connectivity index (χ2n) is 3.39. The number of hydrazine groups is 1. The van der Waals surface area contributed by atoms with Gasteiger partial charge in [-0.15, -0.1) is 0 Å². The van der Waals surface area contributed by atoms with E-state index in [9.17, 15) is 8.42 Å². The lowest BCUT2D eigenvalue weighted by atomic mass is 10.6. The Morgan fingerprint density at radius 1 is 1.56 bits per heavy atom. The zero-order valence-corrected chi connectivity index (χ0v) is 10.7. The van der Waals surface area contributed by atoms with Gasteiger partial charge in [-0.3, -0.25) is 5.43 Å². The van der Waals surface area contributed by atoms with E-state index in [4.69, 9.17) is 10.6 Å². The van der Waals surface area contributed by atoms with Crippen LogP contribution in [0.2, 0.25) is 0 Å². The largest absolute Gasteiger partial charge is 0.383 e. The number of guanidine groups is 1. The van der Waals surface area contributed by atoms with Crippen LogP contribution in [0.15, 0.2) is 4.99 Å². The molecule has 0 aliphatic rings. The van der Waals surface area contributed by atoms with Crippen LogP contribution in [0, 0.1) is 0 Å². The van der Waals surface area contributed by atoms with E-state index >= 15 is 0 Å². The summed E-state index contributed by atoms with van der Waals surface area (Å²) in [5.74, 6) is 5.79. The van der Waals surface area contributed by atoms with Crippen molar-refractivity contribution in [3.05, 3.63) is 0 Å². The number of nitrogens with two attached hydrogens (primary N) is 1. The molecular formula is C8H20N4O3S. The van der Waals surface area contributed by atoms with Crippen LogP contribution in [0.1, 0.15) is 0 Å². The molecule has 0 aromatic heterocycles. The van der Waals surface area contributed by atoms with E-state index < -0.39 is 9.84 Å². The lowest BCUT2D eigenvalue weighted by molar-refractivity contribution is 0.207. The number of nitrogens with one attached hydrogen (secondary N) is 1. The molecule has 96 valence electrons. The summed E-state index contributed by atoms with van der Waals surface area (Å²) in [5.41, 5.74) is 2.42. The Bertz CT molecular complexity index is 315. The first kappa shape index (κ1) is 15.1. The van der Waals surface area contributed by atoms with Gasteiger partial charge in [0.1, 0.15) is 9.84 Å². The van der Waals surface area contributed by atoms with Gasteiger partial charge >= 0.3 is 0 Å². The molecule has 0 fully saturated rings. The fourth-order valence-electron chi connectivity index (χ4n) is 0.928. The second-order valence-corrected chi connectivity index (χ2v) is 5.65. The fourth-order valence-corrected chi connectivity index (χ4v) is 1.53. The molecule has 16 heavy (non-hydrogen) atoms. The number of hydrogen-bond acceptors (Lipinski definition) is 5. The SMILES string of the molecule is COCCN=C(NN)N(C)CCS(C)(=O)=O. The minimum Gasteiger partial charge on any atom is -0.383 e. The van der Waals surface area contributed by atoms with Gasteiger partial charge in [0.2, 0.25) is 5.96 Å². The van der Waals surface area contributed by atoms with Crippen LogP contribution in [-0.4, -0.2) is 65.1 Å². The number of nitrogens with zero attached hydrogens (tertiary/aromatic N) is 2. The quantitative estimate of drug-likeness (QED) is 0.195. The molecule has 7 nitrogen and oxygen atoms in total. The van der Waals surface area contributed by atoms with Crippen molar-refractivity contribution >= 4 is 15.8 Å². The molecule has 0 unspecified atom stereocenters. The van der Waals surface area contributed by atoms with Crippen LogP contribution in [0.4, 0.5) is 0 Å². The molecule has 3 N–H and O–H groups in total. The molecule has 0 atom stereocenters. The van der Waals surface area contributed by atoms with E-state index in [0.29, 0.717) is 25.7 Å². The monoisotopic (exact) mass is 252 g/mol. The number of ether oxygens (including phenoxy) is 1. The number of sulfone groups is 1. The first-order valence-electron chi connectivity index (χ1n) is 4.79. The van der Waals surface area contributed by atoms with Crippen LogP contribution < -0.4 is 11.3 Å². The second kappa shape index (κ2) is 7.42. The number of hydrogen-bond donors (Lipinski definition) is 2. The molecule has 0 amide bonds. The smallest absolute Gasteiger partial charge is 0.208 e. The molecule has 0 bridgehead atoms. The maximum absolute atomic E-state index is 11.0. The van der Waals surface area contributed by atoms with Gasteiger partial charge in [0, 0.05) is 27.0 Å². The Morgan fingerprint density at radius 2 is 2.19 bits per heavy atom. The predicted octanol–water partition coefficient (Wildman–Crippen LogP) is -1.57. The topological polar surface area (TPSA) is 97.0 Å². The van der Waals surface area contributed by atoms with E-state index in [2.05, 4.69) is 10.4 Å². The summed E-state index contributed by atoms with van der Waals surface area (Å²) < 4.78 is 26.8. The summed E-state index contributed by atoms with van der Waals surface area (Å²) in [6, 6.07) is 0. The first-order valence-corrected chi connectivity index (χ1v) is 6.85. The van der Waals surface area contributed by atoms with Crippen LogP contribution in [0.3, 0.4) is 0 Å². The molecule has 0 aliphatic heterocycles. The zero-order chi connectivity index (χ0) is 12.6. The third-order valence-corrected chi connectivity index (χ3v) is 2.77. The molecular weight excluding hydrogens is 232 g/mol. The Labute approximate surface area is 96.5 Å². The minimum atomic E-state index is -2.98. The first-order chi connectivity index (χ1) is 7.40. The highest BCUT2D eigenvalue weighted by atomic mass is 32.2. The van der Waals surface area contributed by atoms with Crippen LogP contribution in [-0.2, 0) is 14.6 Å². The minimum absolute atomic E-state index is 0.0640. The lowest BCUT2D eigenvalue weighted by Gasteiger charge is -2.19. The van der Waals surface area contributed by atoms with E-state index in [1.807, 2.05) is 0 Å². The van der Waals surface area contributed by atoms with Gasteiger partial charge in [0.15, 0.2) is 0 Å². The van der Waals surface area contributed by atoms with Crippen molar-refractivity contribution in [2.45, 2.75) is 0 Å². The van der Waals surface area contributed by atoms with Gasteiger partial charge in [-0.05, 0) is 0 Å². The van der Waals surface area contributed by atoms with Gasteiger partial charge in [-0.2, -0.15) is 0 Å². The van der Waals surface area contributed by atoms with Crippen molar-refractivity contribution in [1.29, 1.82) is 0 Å². The number of aliphatic imine (C=N–C) groups is 1. The normalized spacial score (nSPS) is 12.6. The number of rotatable bonds is 6. The Hall–Kier alpha value is -0.860. The summed E-state index contributed by atoms with van der Waals surface area (Å²) >= 11 is 0. The maximum Gasteiger partial charge on any atom is 0.208 e. The summed E-state index contributed by atoms with van der Waals surface area (Å²) in [4.78, 5) is 5.77. The third-order valence-electron chi connectivity index (χ3n) is 1.85. The van der Waals surface area contributed by atoms with E-state index in [1.165, 1.54) is 6.26 Å². The molecule has 0 radical (unpaired) electrons. The highest BCUT2D eigenvalue weighted by Crippen LogP contribution is 1.89. The molecule has 0 heterocycles. The van der Waals surface area contributed by atoms with Crippen molar-refractivity contribution in [2.24, 2.45) is 10.8 Å². The van der Waals surface area contributed by atoms with Gasteiger partial charge in [0.25, 0.3) is 0 Å². The Balaban J connectivity index is 4.20. The molecule has 0 aliphatic carbocycles. The van der Waals surface area contributed by atoms with Crippen molar-refractivity contribution in [3.63, 3.8) is 0 Å². The van der Waals surface area contributed by atoms with Gasteiger partial charge in [-0.25, -0.2) is 19.3 Å². The zero-order valence-electron chi connectivity index (χ0n) is 9.93. The molecule has 0 saturated carbocycles. The molecule has 0 saturated heterocycles. The number of methoxy groups -OCH3 is 1. The van der Waals surface area contributed by atoms with Crippen LogP contribution >= 0.6 is 0 Å². The highest BCUT2D eigenvalue weighted by Gasteiger charge is 2.08.